The predicted octanol–water partition coefficient (Wildman–Crippen LogP) is 2.28. The van der Waals surface area contributed by atoms with Crippen molar-refractivity contribution >= 4 is 5.91 Å². The molecule has 1 aromatic carbocycles. The van der Waals surface area contributed by atoms with Gasteiger partial charge in [-0.2, -0.15) is 5.10 Å². The predicted molar refractivity (Wildman–Crippen MR) is 99.4 cm³/mol. The Bertz CT molecular complexity index is 871. The third-order valence-corrected chi connectivity index (χ3v) is 4.11. The van der Waals surface area contributed by atoms with Gasteiger partial charge in [0.2, 0.25) is 0 Å². The van der Waals surface area contributed by atoms with Crippen molar-refractivity contribution in [1.82, 2.24) is 20.1 Å². The van der Waals surface area contributed by atoms with Gasteiger partial charge in [-0.3, -0.25) is 9.78 Å². The molecule has 2 aromatic heterocycles. The summed E-state index contributed by atoms with van der Waals surface area (Å²) in [7, 11) is 0. The minimum atomic E-state index is -0.586. The summed E-state index contributed by atoms with van der Waals surface area (Å²) in [4.78, 5) is 16.3. The SMILES string of the molecule is Cc1cnc(C(=O)NC[C@H](C)O)cc1Cc1ccc(-n2cccn2)cc1. The van der Waals surface area contributed by atoms with Crippen LogP contribution in [-0.4, -0.2) is 38.4 Å². The van der Waals surface area contributed by atoms with Crippen LogP contribution >= 0.6 is 0 Å². The van der Waals surface area contributed by atoms with E-state index in [9.17, 15) is 9.90 Å². The minimum Gasteiger partial charge on any atom is -0.392 e. The summed E-state index contributed by atoms with van der Waals surface area (Å²) < 4.78 is 1.81. The average molecular weight is 350 g/mol. The Morgan fingerprint density at radius 1 is 1.31 bits per heavy atom. The molecule has 0 aliphatic heterocycles. The highest BCUT2D eigenvalue weighted by atomic mass is 16.3. The van der Waals surface area contributed by atoms with Crippen molar-refractivity contribution in [2.24, 2.45) is 0 Å². The second-order valence-corrected chi connectivity index (χ2v) is 6.35. The number of aliphatic hydroxyl groups is 1. The number of amides is 1. The topological polar surface area (TPSA) is 80.0 Å². The van der Waals surface area contributed by atoms with Gasteiger partial charge in [-0.1, -0.05) is 12.1 Å². The van der Waals surface area contributed by atoms with E-state index in [-0.39, 0.29) is 12.5 Å². The molecule has 0 saturated heterocycles. The highest BCUT2D eigenvalue weighted by Gasteiger charge is 2.11. The van der Waals surface area contributed by atoms with Gasteiger partial charge in [-0.05, 0) is 61.2 Å². The first-order valence-corrected chi connectivity index (χ1v) is 8.53. The summed E-state index contributed by atoms with van der Waals surface area (Å²) in [6.07, 6.45) is 5.49. The van der Waals surface area contributed by atoms with Gasteiger partial charge in [0.1, 0.15) is 5.69 Å². The average Bonchev–Trinajstić information content (AvgIpc) is 3.17. The van der Waals surface area contributed by atoms with Gasteiger partial charge < -0.3 is 10.4 Å². The van der Waals surface area contributed by atoms with Gasteiger partial charge in [0, 0.05) is 25.1 Å². The Morgan fingerprint density at radius 3 is 2.73 bits per heavy atom. The monoisotopic (exact) mass is 350 g/mol. The molecule has 1 atom stereocenters. The zero-order valence-electron chi connectivity index (χ0n) is 14.9. The fourth-order valence-corrected chi connectivity index (χ4v) is 2.62. The summed E-state index contributed by atoms with van der Waals surface area (Å²) >= 11 is 0. The molecular formula is C20H22N4O2. The lowest BCUT2D eigenvalue weighted by Crippen LogP contribution is -2.31. The van der Waals surface area contributed by atoms with Gasteiger partial charge in [-0.15, -0.1) is 0 Å². The fraction of sp³-hybridized carbons (Fsp3) is 0.250. The van der Waals surface area contributed by atoms with E-state index in [0.717, 1.165) is 22.4 Å². The number of carbonyl (C=O) groups excluding carboxylic acids is 1. The van der Waals surface area contributed by atoms with Crippen LogP contribution in [0.3, 0.4) is 0 Å². The largest absolute Gasteiger partial charge is 0.392 e. The summed E-state index contributed by atoms with van der Waals surface area (Å²) in [6, 6.07) is 11.9. The molecular weight excluding hydrogens is 328 g/mol. The van der Waals surface area contributed by atoms with Crippen LogP contribution in [-0.2, 0) is 6.42 Å². The molecule has 26 heavy (non-hydrogen) atoms. The summed E-state index contributed by atoms with van der Waals surface area (Å²) in [6.45, 7) is 3.82. The zero-order chi connectivity index (χ0) is 18.5. The van der Waals surface area contributed by atoms with Gasteiger partial charge in [0.25, 0.3) is 5.91 Å². The van der Waals surface area contributed by atoms with Crippen molar-refractivity contribution in [2.75, 3.05) is 6.54 Å². The molecule has 0 spiro atoms. The zero-order valence-corrected chi connectivity index (χ0v) is 14.9. The van der Waals surface area contributed by atoms with Crippen LogP contribution in [0.25, 0.3) is 5.69 Å². The molecule has 0 radical (unpaired) electrons. The highest BCUT2D eigenvalue weighted by Crippen LogP contribution is 2.16. The maximum absolute atomic E-state index is 12.1. The number of rotatable bonds is 6. The maximum atomic E-state index is 12.1. The number of aryl methyl sites for hydroxylation is 1. The third-order valence-electron chi connectivity index (χ3n) is 4.11. The van der Waals surface area contributed by atoms with Crippen molar-refractivity contribution in [3.63, 3.8) is 0 Å². The lowest BCUT2D eigenvalue weighted by atomic mass is 10.0. The van der Waals surface area contributed by atoms with Gasteiger partial charge in [0.15, 0.2) is 0 Å². The Morgan fingerprint density at radius 2 is 2.08 bits per heavy atom. The van der Waals surface area contributed by atoms with E-state index in [1.165, 1.54) is 0 Å². The molecule has 3 rings (SSSR count). The second-order valence-electron chi connectivity index (χ2n) is 6.35. The first-order chi connectivity index (χ1) is 12.5. The van der Waals surface area contributed by atoms with E-state index in [1.54, 1.807) is 19.3 Å². The number of nitrogens with one attached hydrogen (secondary N) is 1. The number of aliphatic hydroxyl groups excluding tert-OH is 1. The highest BCUT2D eigenvalue weighted by molar-refractivity contribution is 5.92. The van der Waals surface area contributed by atoms with Gasteiger partial charge in [0.05, 0.1) is 11.8 Å². The molecule has 1 amide bonds. The molecule has 0 unspecified atom stereocenters. The van der Waals surface area contributed by atoms with Crippen LogP contribution in [0.15, 0.2) is 55.0 Å². The van der Waals surface area contributed by atoms with Gasteiger partial charge >= 0.3 is 0 Å². The molecule has 134 valence electrons. The maximum Gasteiger partial charge on any atom is 0.269 e. The number of hydrogen-bond acceptors (Lipinski definition) is 4. The molecule has 0 fully saturated rings. The number of pyridine rings is 1. The van der Waals surface area contributed by atoms with E-state index < -0.39 is 6.10 Å². The van der Waals surface area contributed by atoms with Crippen LogP contribution < -0.4 is 5.32 Å². The Balaban J connectivity index is 1.74. The quantitative estimate of drug-likeness (QED) is 0.715. The lowest BCUT2D eigenvalue weighted by Gasteiger charge is -2.10. The first-order valence-electron chi connectivity index (χ1n) is 8.53. The van der Waals surface area contributed by atoms with Crippen LogP contribution in [0.1, 0.15) is 34.1 Å². The Kier molecular flexibility index (Phi) is 5.43. The minimum absolute atomic E-state index is 0.207. The number of carbonyl (C=O) groups is 1. The van der Waals surface area contributed by atoms with E-state index in [2.05, 4.69) is 27.5 Å². The first kappa shape index (κ1) is 17.8. The van der Waals surface area contributed by atoms with E-state index in [4.69, 9.17) is 0 Å². The van der Waals surface area contributed by atoms with E-state index >= 15 is 0 Å². The third kappa shape index (κ3) is 4.34. The Labute approximate surface area is 152 Å². The van der Waals surface area contributed by atoms with Crippen molar-refractivity contribution in [1.29, 1.82) is 0 Å². The summed E-state index contributed by atoms with van der Waals surface area (Å²) in [5, 5.41) is 16.2. The number of aromatic nitrogens is 3. The van der Waals surface area contributed by atoms with Crippen molar-refractivity contribution in [3.8, 4) is 5.69 Å². The summed E-state index contributed by atoms with van der Waals surface area (Å²) in [5.74, 6) is -0.277. The normalized spacial score (nSPS) is 12.0. The van der Waals surface area contributed by atoms with Crippen molar-refractivity contribution in [2.45, 2.75) is 26.4 Å². The standard InChI is InChI=1S/C20H22N4O2/c1-14-12-21-19(20(26)22-13-15(2)25)11-17(14)10-16-4-6-18(7-5-16)24-9-3-8-23-24/h3-9,11-12,15,25H,10,13H2,1-2H3,(H,22,26)/t15-/m0/s1. The van der Waals surface area contributed by atoms with Gasteiger partial charge in [-0.25, -0.2) is 4.68 Å². The van der Waals surface area contributed by atoms with E-state index in [1.807, 2.05) is 42.1 Å². The van der Waals surface area contributed by atoms with Crippen LogP contribution in [0.4, 0.5) is 0 Å². The molecule has 0 aliphatic carbocycles. The number of nitrogens with zero attached hydrogens (tertiary/aromatic N) is 3. The number of hydrogen-bond donors (Lipinski definition) is 2. The fourth-order valence-electron chi connectivity index (χ4n) is 2.62. The molecule has 2 heterocycles. The number of benzene rings is 1. The lowest BCUT2D eigenvalue weighted by molar-refractivity contribution is 0.0919. The second kappa shape index (κ2) is 7.93. The molecule has 6 nitrogen and oxygen atoms in total. The smallest absolute Gasteiger partial charge is 0.269 e. The van der Waals surface area contributed by atoms with Crippen LogP contribution in [0.5, 0.6) is 0 Å². The van der Waals surface area contributed by atoms with Crippen LogP contribution in [0.2, 0.25) is 0 Å². The summed E-state index contributed by atoms with van der Waals surface area (Å²) in [5.41, 5.74) is 4.59. The Hall–Kier alpha value is -2.99. The van der Waals surface area contributed by atoms with Crippen molar-refractivity contribution < 1.29 is 9.90 Å². The molecule has 3 aromatic rings. The molecule has 0 aliphatic rings. The molecule has 2 N–H and O–H groups in total. The molecule has 0 bridgehead atoms. The molecule has 6 heteroatoms. The molecule has 0 saturated carbocycles. The van der Waals surface area contributed by atoms with E-state index in [0.29, 0.717) is 12.1 Å². The van der Waals surface area contributed by atoms with Crippen molar-refractivity contribution in [3.05, 3.63) is 77.4 Å². The van der Waals surface area contributed by atoms with Crippen LogP contribution in [0, 0.1) is 6.92 Å².